The van der Waals surface area contributed by atoms with E-state index in [1.807, 2.05) is 31.2 Å². The Labute approximate surface area is 98.3 Å². The van der Waals surface area contributed by atoms with Crippen molar-refractivity contribution in [2.75, 3.05) is 0 Å². The summed E-state index contributed by atoms with van der Waals surface area (Å²) >= 11 is 0. The fraction of sp³-hybridized carbons (Fsp3) is 0.0769. The molecule has 2 aromatic carbocycles. The molecule has 0 unspecified atom stereocenters. The smallest absolute Gasteiger partial charge is 0.310 e. The Kier molecular flexibility index (Phi) is 2.78. The number of phenols is 1. The monoisotopic (exact) mass is 229 g/mol. The van der Waals surface area contributed by atoms with E-state index in [0.29, 0.717) is 0 Å². The Bertz CT molecular complexity index is 579. The van der Waals surface area contributed by atoms with Crippen LogP contribution in [0, 0.1) is 17.0 Å². The Hall–Kier alpha value is -2.36. The highest BCUT2D eigenvalue weighted by molar-refractivity contribution is 5.68. The van der Waals surface area contributed by atoms with Crippen molar-refractivity contribution in [3.05, 3.63) is 58.1 Å². The summed E-state index contributed by atoms with van der Waals surface area (Å²) in [5.41, 5.74) is 2.51. The van der Waals surface area contributed by atoms with Gasteiger partial charge in [0.25, 0.3) is 0 Å². The van der Waals surface area contributed by atoms with Crippen molar-refractivity contribution in [1.29, 1.82) is 0 Å². The van der Waals surface area contributed by atoms with Crippen LogP contribution in [0.1, 0.15) is 5.56 Å². The molecule has 0 radical (unpaired) electrons. The lowest BCUT2D eigenvalue weighted by Gasteiger charge is -2.04. The lowest BCUT2D eigenvalue weighted by atomic mass is 10.0. The Morgan fingerprint density at radius 3 is 2.41 bits per heavy atom. The van der Waals surface area contributed by atoms with Crippen LogP contribution in [0.25, 0.3) is 11.1 Å². The predicted molar refractivity (Wildman–Crippen MR) is 64.9 cm³/mol. The predicted octanol–water partition coefficient (Wildman–Crippen LogP) is 3.28. The minimum atomic E-state index is -0.602. The van der Waals surface area contributed by atoms with E-state index in [4.69, 9.17) is 0 Å². The van der Waals surface area contributed by atoms with E-state index in [2.05, 4.69) is 0 Å². The standard InChI is InChI=1S/C13H11NO3/c1-9-3-2-4-10(7-9)11-5-6-12(14(16)17)13(15)8-11/h2-8,15H,1H3. The molecule has 2 aromatic rings. The van der Waals surface area contributed by atoms with E-state index in [1.54, 1.807) is 6.07 Å². The van der Waals surface area contributed by atoms with E-state index in [0.717, 1.165) is 16.7 Å². The number of phenolic OH excluding ortho intramolecular Hbond substituents is 1. The molecule has 0 aromatic heterocycles. The van der Waals surface area contributed by atoms with Crippen molar-refractivity contribution in [1.82, 2.24) is 0 Å². The maximum atomic E-state index is 10.6. The van der Waals surface area contributed by atoms with Gasteiger partial charge >= 0.3 is 5.69 Å². The highest BCUT2D eigenvalue weighted by Crippen LogP contribution is 2.31. The third-order valence-corrected chi connectivity index (χ3v) is 2.52. The minimum absolute atomic E-state index is 0.276. The van der Waals surface area contributed by atoms with Gasteiger partial charge in [0.1, 0.15) is 0 Å². The molecule has 0 aliphatic carbocycles. The van der Waals surface area contributed by atoms with E-state index in [1.165, 1.54) is 12.1 Å². The molecule has 0 fully saturated rings. The molecule has 0 amide bonds. The number of nitro groups is 1. The first-order valence-corrected chi connectivity index (χ1v) is 5.12. The van der Waals surface area contributed by atoms with E-state index >= 15 is 0 Å². The van der Waals surface area contributed by atoms with Gasteiger partial charge in [0.05, 0.1) is 4.92 Å². The first-order valence-electron chi connectivity index (χ1n) is 5.12. The molecule has 86 valence electrons. The third kappa shape index (κ3) is 2.25. The van der Waals surface area contributed by atoms with Crippen LogP contribution >= 0.6 is 0 Å². The summed E-state index contributed by atoms with van der Waals surface area (Å²) < 4.78 is 0. The lowest BCUT2D eigenvalue weighted by Crippen LogP contribution is -1.89. The van der Waals surface area contributed by atoms with Gasteiger partial charge in [-0.1, -0.05) is 29.8 Å². The van der Waals surface area contributed by atoms with Gasteiger partial charge in [0.2, 0.25) is 0 Å². The average Bonchev–Trinajstić information content (AvgIpc) is 2.28. The maximum absolute atomic E-state index is 10.6. The Morgan fingerprint density at radius 2 is 1.82 bits per heavy atom. The molecular weight excluding hydrogens is 218 g/mol. The zero-order chi connectivity index (χ0) is 12.4. The van der Waals surface area contributed by atoms with Gasteiger partial charge in [-0.15, -0.1) is 0 Å². The molecule has 0 aliphatic rings. The SMILES string of the molecule is Cc1cccc(-c2ccc([N+](=O)[O-])c(O)c2)c1. The lowest BCUT2D eigenvalue weighted by molar-refractivity contribution is -0.385. The summed E-state index contributed by atoms with van der Waals surface area (Å²) in [5.74, 6) is -0.311. The average molecular weight is 229 g/mol. The number of nitro benzene ring substituents is 1. The van der Waals surface area contributed by atoms with Crippen LogP contribution in [-0.2, 0) is 0 Å². The number of benzene rings is 2. The van der Waals surface area contributed by atoms with Gasteiger partial charge < -0.3 is 5.11 Å². The normalized spacial score (nSPS) is 10.2. The molecule has 2 rings (SSSR count). The molecule has 0 saturated carbocycles. The fourth-order valence-corrected chi connectivity index (χ4v) is 1.68. The van der Waals surface area contributed by atoms with E-state index < -0.39 is 4.92 Å². The summed E-state index contributed by atoms with van der Waals surface area (Å²) in [5, 5.41) is 20.1. The largest absolute Gasteiger partial charge is 0.502 e. The molecule has 0 atom stereocenters. The molecule has 0 bridgehead atoms. The Balaban J connectivity index is 2.48. The molecule has 4 nitrogen and oxygen atoms in total. The van der Waals surface area contributed by atoms with Gasteiger partial charge in [-0.05, 0) is 30.2 Å². The van der Waals surface area contributed by atoms with Crippen molar-refractivity contribution in [3.63, 3.8) is 0 Å². The molecule has 0 heterocycles. The summed E-state index contributed by atoms with van der Waals surface area (Å²) in [6.45, 7) is 1.97. The Morgan fingerprint density at radius 1 is 1.12 bits per heavy atom. The van der Waals surface area contributed by atoms with Crippen LogP contribution in [0.5, 0.6) is 5.75 Å². The summed E-state index contributed by atoms with van der Waals surface area (Å²) in [7, 11) is 0. The molecule has 0 aliphatic heterocycles. The van der Waals surface area contributed by atoms with Gasteiger partial charge in [0, 0.05) is 6.07 Å². The van der Waals surface area contributed by atoms with E-state index in [-0.39, 0.29) is 11.4 Å². The summed E-state index contributed by atoms with van der Waals surface area (Å²) in [4.78, 5) is 9.97. The van der Waals surface area contributed by atoms with Crippen LogP contribution in [0.2, 0.25) is 0 Å². The third-order valence-electron chi connectivity index (χ3n) is 2.52. The van der Waals surface area contributed by atoms with Crippen molar-refractivity contribution < 1.29 is 10.0 Å². The second-order valence-electron chi connectivity index (χ2n) is 3.83. The van der Waals surface area contributed by atoms with Crippen LogP contribution in [-0.4, -0.2) is 10.0 Å². The summed E-state index contributed by atoms with van der Waals surface area (Å²) in [6, 6.07) is 12.1. The van der Waals surface area contributed by atoms with E-state index in [9.17, 15) is 15.2 Å². The van der Waals surface area contributed by atoms with Crippen LogP contribution in [0.3, 0.4) is 0 Å². The van der Waals surface area contributed by atoms with Gasteiger partial charge in [-0.25, -0.2) is 0 Å². The molecule has 1 N–H and O–H groups in total. The fourth-order valence-electron chi connectivity index (χ4n) is 1.68. The van der Waals surface area contributed by atoms with Crippen molar-refractivity contribution in [2.24, 2.45) is 0 Å². The highest BCUT2D eigenvalue weighted by Gasteiger charge is 2.13. The highest BCUT2D eigenvalue weighted by atomic mass is 16.6. The maximum Gasteiger partial charge on any atom is 0.310 e. The number of aryl methyl sites for hydroxylation is 1. The number of hydrogen-bond acceptors (Lipinski definition) is 3. The number of hydrogen-bond donors (Lipinski definition) is 1. The van der Waals surface area contributed by atoms with Crippen molar-refractivity contribution in [3.8, 4) is 16.9 Å². The van der Waals surface area contributed by atoms with Crippen molar-refractivity contribution >= 4 is 5.69 Å². The van der Waals surface area contributed by atoms with Gasteiger partial charge in [-0.3, -0.25) is 10.1 Å². The summed E-state index contributed by atoms with van der Waals surface area (Å²) in [6.07, 6.45) is 0. The molecule has 17 heavy (non-hydrogen) atoms. The van der Waals surface area contributed by atoms with Crippen LogP contribution in [0.15, 0.2) is 42.5 Å². The molecule has 0 spiro atoms. The van der Waals surface area contributed by atoms with Gasteiger partial charge in [0.15, 0.2) is 5.75 Å². The number of aromatic hydroxyl groups is 1. The van der Waals surface area contributed by atoms with Gasteiger partial charge in [-0.2, -0.15) is 0 Å². The molecule has 0 saturated heterocycles. The van der Waals surface area contributed by atoms with Crippen molar-refractivity contribution in [2.45, 2.75) is 6.92 Å². The first kappa shape index (κ1) is 11.1. The van der Waals surface area contributed by atoms with Crippen LogP contribution < -0.4 is 0 Å². The molecular formula is C13H11NO3. The first-order chi connectivity index (χ1) is 8.08. The number of rotatable bonds is 2. The van der Waals surface area contributed by atoms with Crippen LogP contribution in [0.4, 0.5) is 5.69 Å². The second kappa shape index (κ2) is 4.25. The zero-order valence-corrected chi connectivity index (χ0v) is 9.25. The molecule has 4 heteroatoms. The topological polar surface area (TPSA) is 63.4 Å². The number of nitrogens with zero attached hydrogens (tertiary/aromatic N) is 1. The quantitative estimate of drug-likeness (QED) is 0.634. The minimum Gasteiger partial charge on any atom is -0.502 e. The second-order valence-corrected chi connectivity index (χ2v) is 3.83. The zero-order valence-electron chi connectivity index (χ0n) is 9.25.